The quantitative estimate of drug-likeness (QED) is 0.212. The number of nitrogens with zero attached hydrogens (tertiary/aromatic N) is 4. The molecule has 0 bridgehead atoms. The summed E-state index contributed by atoms with van der Waals surface area (Å²) >= 11 is 0. The van der Waals surface area contributed by atoms with Gasteiger partial charge in [0, 0.05) is 48.3 Å². The van der Waals surface area contributed by atoms with Gasteiger partial charge in [-0.15, -0.1) is 0 Å². The van der Waals surface area contributed by atoms with Gasteiger partial charge in [-0.1, -0.05) is 60.7 Å². The van der Waals surface area contributed by atoms with Crippen LogP contribution in [-0.2, 0) is 0 Å². The van der Waals surface area contributed by atoms with Crippen LogP contribution in [0.4, 0.5) is 0 Å². The molecule has 0 unspecified atom stereocenters. The van der Waals surface area contributed by atoms with Crippen LogP contribution in [0.3, 0.4) is 0 Å². The van der Waals surface area contributed by atoms with Gasteiger partial charge in [-0.25, -0.2) is 0 Å². The fourth-order valence-electron chi connectivity index (χ4n) is 5.32. The largest absolute Gasteiger partial charge is 0.265 e. The molecule has 0 radical (unpaired) electrons. The fraction of sp³-hybridized carbons (Fsp3) is 0. The highest BCUT2D eigenvalue weighted by Gasteiger charge is 2.17. The fourth-order valence-corrected chi connectivity index (χ4v) is 5.32. The van der Waals surface area contributed by atoms with Crippen molar-refractivity contribution in [3.05, 3.63) is 159 Å². The van der Waals surface area contributed by atoms with Crippen LogP contribution in [0.15, 0.2) is 159 Å². The highest BCUT2D eigenvalue weighted by atomic mass is 14.7. The molecule has 7 aromatic rings. The number of hydrogen-bond donors (Lipinski definition) is 0. The standard InChI is InChI=1S/C38H26N4/c1-3-19-41-37(5-1)35-26-36(38-6-2-4-20-42-38)34(32-13-9-28(10-14-32)30-17-23-40-24-18-30)25-33(35)31-11-7-27(8-12-31)29-15-21-39-22-16-29/h1-26H. The highest BCUT2D eigenvalue weighted by molar-refractivity contribution is 5.94. The van der Waals surface area contributed by atoms with Crippen molar-refractivity contribution in [3.8, 4) is 67.0 Å². The lowest BCUT2D eigenvalue weighted by Crippen LogP contribution is -1.95. The van der Waals surface area contributed by atoms with Gasteiger partial charge in [0.25, 0.3) is 0 Å². The van der Waals surface area contributed by atoms with Gasteiger partial charge in [0.2, 0.25) is 0 Å². The first kappa shape index (κ1) is 25.2. The van der Waals surface area contributed by atoms with Crippen molar-refractivity contribution >= 4 is 0 Å². The zero-order valence-electron chi connectivity index (χ0n) is 22.8. The van der Waals surface area contributed by atoms with Gasteiger partial charge in [0.05, 0.1) is 11.4 Å². The topological polar surface area (TPSA) is 51.6 Å². The van der Waals surface area contributed by atoms with Gasteiger partial charge in [0.15, 0.2) is 0 Å². The van der Waals surface area contributed by atoms with Gasteiger partial charge in [-0.2, -0.15) is 0 Å². The van der Waals surface area contributed by atoms with Crippen molar-refractivity contribution in [2.75, 3.05) is 0 Å². The van der Waals surface area contributed by atoms with Crippen LogP contribution in [0, 0.1) is 0 Å². The summed E-state index contributed by atoms with van der Waals surface area (Å²) in [6, 6.07) is 42.2. The van der Waals surface area contributed by atoms with E-state index in [0.29, 0.717) is 0 Å². The molecule has 0 saturated carbocycles. The van der Waals surface area contributed by atoms with Gasteiger partial charge in [-0.05, 0) is 105 Å². The number of pyridine rings is 4. The molecule has 4 nitrogen and oxygen atoms in total. The first-order valence-electron chi connectivity index (χ1n) is 13.9. The maximum atomic E-state index is 4.75. The molecule has 0 fully saturated rings. The Kier molecular flexibility index (Phi) is 6.85. The summed E-state index contributed by atoms with van der Waals surface area (Å²) in [4.78, 5) is 17.8. The van der Waals surface area contributed by atoms with Crippen molar-refractivity contribution in [2.45, 2.75) is 0 Å². The predicted octanol–water partition coefficient (Wildman–Crippen LogP) is 9.27. The molecule has 0 spiro atoms. The first-order valence-corrected chi connectivity index (χ1v) is 13.9. The van der Waals surface area contributed by atoms with E-state index in [4.69, 9.17) is 9.97 Å². The lowest BCUT2D eigenvalue weighted by Gasteiger charge is -2.18. The van der Waals surface area contributed by atoms with E-state index in [-0.39, 0.29) is 0 Å². The average Bonchev–Trinajstić information content (AvgIpc) is 3.09. The number of aromatic nitrogens is 4. The molecule has 198 valence electrons. The zero-order valence-corrected chi connectivity index (χ0v) is 22.8. The minimum atomic E-state index is 0.919. The zero-order chi connectivity index (χ0) is 28.1. The van der Waals surface area contributed by atoms with Crippen molar-refractivity contribution in [1.29, 1.82) is 0 Å². The smallest absolute Gasteiger partial charge is 0.0708 e. The Morgan fingerprint density at radius 1 is 0.286 bits per heavy atom. The van der Waals surface area contributed by atoms with Crippen molar-refractivity contribution in [1.82, 2.24) is 19.9 Å². The van der Waals surface area contributed by atoms with E-state index in [1.54, 1.807) is 0 Å². The monoisotopic (exact) mass is 538 g/mol. The molecule has 4 heteroatoms. The third-order valence-corrected chi connectivity index (χ3v) is 7.46. The summed E-state index contributed by atoms with van der Waals surface area (Å²) < 4.78 is 0. The summed E-state index contributed by atoms with van der Waals surface area (Å²) in [6.45, 7) is 0. The van der Waals surface area contributed by atoms with Crippen molar-refractivity contribution in [3.63, 3.8) is 0 Å². The Bertz CT molecular complexity index is 1780. The van der Waals surface area contributed by atoms with Crippen LogP contribution >= 0.6 is 0 Å². The van der Waals surface area contributed by atoms with E-state index < -0.39 is 0 Å². The van der Waals surface area contributed by atoms with Crippen LogP contribution in [0.25, 0.3) is 67.0 Å². The van der Waals surface area contributed by atoms with Crippen LogP contribution < -0.4 is 0 Å². The highest BCUT2D eigenvalue weighted by Crippen LogP contribution is 2.42. The van der Waals surface area contributed by atoms with E-state index in [1.165, 1.54) is 0 Å². The molecular weight excluding hydrogens is 512 g/mol. The number of rotatable bonds is 6. The van der Waals surface area contributed by atoms with E-state index in [9.17, 15) is 0 Å². The molecular formula is C38H26N4. The third-order valence-electron chi connectivity index (χ3n) is 7.46. The second kappa shape index (κ2) is 11.4. The van der Waals surface area contributed by atoms with Crippen LogP contribution in [-0.4, -0.2) is 19.9 Å². The van der Waals surface area contributed by atoms with Crippen LogP contribution in [0.5, 0.6) is 0 Å². The van der Waals surface area contributed by atoms with Gasteiger partial charge < -0.3 is 0 Å². The molecule has 0 aliphatic heterocycles. The van der Waals surface area contributed by atoms with Gasteiger partial charge in [-0.3, -0.25) is 19.9 Å². The summed E-state index contributed by atoms with van der Waals surface area (Å²) in [6.07, 6.45) is 11.0. The lowest BCUT2D eigenvalue weighted by molar-refractivity contribution is 1.31. The molecule has 0 atom stereocenters. The van der Waals surface area contributed by atoms with E-state index >= 15 is 0 Å². The molecule has 0 N–H and O–H groups in total. The molecule has 0 aliphatic rings. The minimum Gasteiger partial charge on any atom is -0.265 e. The molecule has 0 amide bonds. The molecule has 4 aromatic heterocycles. The SMILES string of the molecule is c1ccc(-c2cc(-c3ccccn3)c(-c3ccc(-c4ccncc4)cc3)cc2-c2ccc(-c3ccncc3)cc2)nc1. The summed E-state index contributed by atoms with van der Waals surface area (Å²) in [5.41, 5.74) is 13.0. The Hall–Kier alpha value is -5.74. The molecule has 0 saturated heterocycles. The Morgan fingerprint density at radius 3 is 1.02 bits per heavy atom. The van der Waals surface area contributed by atoms with Gasteiger partial charge >= 0.3 is 0 Å². The molecule has 7 rings (SSSR count). The van der Waals surface area contributed by atoms with Crippen LogP contribution in [0.2, 0.25) is 0 Å². The van der Waals surface area contributed by atoms with E-state index in [2.05, 4.69) is 82.8 Å². The minimum absolute atomic E-state index is 0.919. The predicted molar refractivity (Wildman–Crippen MR) is 170 cm³/mol. The normalized spacial score (nSPS) is 10.9. The summed E-state index contributed by atoms with van der Waals surface area (Å²) in [5.74, 6) is 0. The van der Waals surface area contributed by atoms with Crippen LogP contribution in [0.1, 0.15) is 0 Å². The lowest BCUT2D eigenvalue weighted by atomic mass is 9.87. The summed E-state index contributed by atoms with van der Waals surface area (Å²) in [7, 11) is 0. The summed E-state index contributed by atoms with van der Waals surface area (Å²) in [5, 5.41) is 0. The number of hydrogen-bond acceptors (Lipinski definition) is 4. The van der Waals surface area contributed by atoms with Crippen molar-refractivity contribution in [2.24, 2.45) is 0 Å². The molecule has 42 heavy (non-hydrogen) atoms. The first-order chi connectivity index (χ1) is 20.8. The average molecular weight is 539 g/mol. The van der Waals surface area contributed by atoms with E-state index in [0.717, 1.165) is 67.0 Å². The molecule has 3 aromatic carbocycles. The maximum absolute atomic E-state index is 4.75. The maximum Gasteiger partial charge on any atom is 0.0708 e. The van der Waals surface area contributed by atoms with Crippen molar-refractivity contribution < 1.29 is 0 Å². The second-order valence-electron chi connectivity index (χ2n) is 10.00. The Morgan fingerprint density at radius 2 is 0.643 bits per heavy atom. The molecule has 4 heterocycles. The van der Waals surface area contributed by atoms with E-state index in [1.807, 2.05) is 85.7 Å². The molecule has 0 aliphatic carbocycles. The van der Waals surface area contributed by atoms with Gasteiger partial charge in [0.1, 0.15) is 0 Å². The number of benzene rings is 3. The third kappa shape index (κ3) is 5.09. The Labute approximate surface area is 245 Å². The Balaban J connectivity index is 1.42. The second-order valence-corrected chi connectivity index (χ2v) is 10.00.